The molecule has 1 heterocycles. The van der Waals surface area contributed by atoms with Crippen LogP contribution in [0.15, 0.2) is 42.5 Å². The lowest BCUT2D eigenvalue weighted by Gasteiger charge is -2.10. The molecule has 0 saturated heterocycles. The zero-order valence-corrected chi connectivity index (χ0v) is 18.4. The summed E-state index contributed by atoms with van der Waals surface area (Å²) in [4.78, 5) is 41.6. The number of esters is 1. The van der Waals surface area contributed by atoms with E-state index >= 15 is 0 Å². The van der Waals surface area contributed by atoms with Gasteiger partial charge in [-0.2, -0.15) is 0 Å². The van der Waals surface area contributed by atoms with Gasteiger partial charge in [0, 0.05) is 16.9 Å². The molecular formula is C25H26N2O4. The molecular weight excluding hydrogens is 392 g/mol. The minimum atomic E-state index is -0.779. The maximum atomic E-state index is 13.2. The number of carbonyl (C=O) groups is 3. The Balaban J connectivity index is 2.07. The maximum Gasteiger partial charge on any atom is 0.340 e. The molecule has 6 nitrogen and oxygen atoms in total. The summed E-state index contributed by atoms with van der Waals surface area (Å²) >= 11 is 0. The van der Waals surface area contributed by atoms with Gasteiger partial charge in [-0.15, -0.1) is 0 Å². The molecule has 0 bridgehead atoms. The lowest BCUT2D eigenvalue weighted by atomic mass is 9.97. The SMILES string of the molecule is CCOC(=O)c1c(C)[nH]c(C(=O)C(=O)Nc2cc(C)ccc2C)c1-c1ccc(C)cc1. The van der Waals surface area contributed by atoms with Crippen molar-refractivity contribution in [3.8, 4) is 11.1 Å². The summed E-state index contributed by atoms with van der Waals surface area (Å²) in [6.45, 7) is 9.31. The predicted molar refractivity (Wildman–Crippen MR) is 121 cm³/mol. The average Bonchev–Trinajstić information content (AvgIpc) is 3.08. The van der Waals surface area contributed by atoms with Gasteiger partial charge in [0.1, 0.15) is 5.69 Å². The van der Waals surface area contributed by atoms with Crippen molar-refractivity contribution in [1.29, 1.82) is 0 Å². The first kappa shape index (κ1) is 22.0. The quantitative estimate of drug-likeness (QED) is 0.338. The lowest BCUT2D eigenvalue weighted by molar-refractivity contribution is -0.112. The number of Topliss-reactive ketones (excluding diaryl/α,β-unsaturated/α-hetero) is 1. The fourth-order valence-corrected chi connectivity index (χ4v) is 3.43. The molecule has 0 unspecified atom stereocenters. The molecule has 3 aromatic rings. The van der Waals surface area contributed by atoms with Crippen LogP contribution < -0.4 is 5.32 Å². The highest BCUT2D eigenvalue weighted by molar-refractivity contribution is 6.47. The van der Waals surface area contributed by atoms with E-state index in [9.17, 15) is 14.4 Å². The van der Waals surface area contributed by atoms with E-state index in [2.05, 4.69) is 10.3 Å². The van der Waals surface area contributed by atoms with Crippen molar-refractivity contribution in [3.63, 3.8) is 0 Å². The van der Waals surface area contributed by atoms with Gasteiger partial charge in [0.05, 0.1) is 12.2 Å². The topological polar surface area (TPSA) is 88.3 Å². The molecule has 0 atom stereocenters. The van der Waals surface area contributed by atoms with Gasteiger partial charge in [0.25, 0.3) is 11.7 Å². The van der Waals surface area contributed by atoms with Gasteiger partial charge in [0.15, 0.2) is 0 Å². The predicted octanol–water partition coefficient (Wildman–Crippen LogP) is 4.91. The van der Waals surface area contributed by atoms with Crippen molar-refractivity contribution in [2.75, 3.05) is 11.9 Å². The van der Waals surface area contributed by atoms with Gasteiger partial charge in [-0.25, -0.2) is 4.79 Å². The number of nitrogens with one attached hydrogen (secondary N) is 2. The number of hydrogen-bond acceptors (Lipinski definition) is 4. The van der Waals surface area contributed by atoms with Crippen LogP contribution in [0.4, 0.5) is 5.69 Å². The van der Waals surface area contributed by atoms with Gasteiger partial charge in [-0.1, -0.05) is 42.0 Å². The second kappa shape index (κ2) is 9.00. The van der Waals surface area contributed by atoms with Gasteiger partial charge in [-0.3, -0.25) is 9.59 Å². The summed E-state index contributed by atoms with van der Waals surface area (Å²) in [5, 5.41) is 2.70. The summed E-state index contributed by atoms with van der Waals surface area (Å²) in [6, 6.07) is 13.0. The number of hydrogen-bond donors (Lipinski definition) is 2. The average molecular weight is 418 g/mol. The minimum Gasteiger partial charge on any atom is -0.462 e. The molecule has 31 heavy (non-hydrogen) atoms. The Kier molecular flexibility index (Phi) is 6.39. The molecule has 0 radical (unpaired) electrons. The number of aryl methyl sites for hydroxylation is 4. The molecule has 1 aromatic heterocycles. The third kappa shape index (κ3) is 4.58. The molecule has 2 aromatic carbocycles. The highest BCUT2D eigenvalue weighted by Gasteiger charge is 2.30. The van der Waals surface area contributed by atoms with E-state index in [1.54, 1.807) is 13.8 Å². The Morgan fingerprint density at radius 1 is 0.935 bits per heavy atom. The largest absolute Gasteiger partial charge is 0.462 e. The van der Waals surface area contributed by atoms with E-state index in [0.717, 1.165) is 16.7 Å². The number of ether oxygens (including phenoxy) is 1. The first-order valence-corrected chi connectivity index (χ1v) is 10.1. The maximum absolute atomic E-state index is 13.2. The number of carbonyl (C=O) groups excluding carboxylic acids is 3. The van der Waals surface area contributed by atoms with Crippen molar-refractivity contribution in [1.82, 2.24) is 4.98 Å². The van der Waals surface area contributed by atoms with E-state index in [1.807, 2.05) is 63.2 Å². The fourth-order valence-electron chi connectivity index (χ4n) is 3.43. The van der Waals surface area contributed by atoms with Crippen LogP contribution in [0.5, 0.6) is 0 Å². The Morgan fingerprint density at radius 3 is 2.23 bits per heavy atom. The summed E-state index contributed by atoms with van der Waals surface area (Å²) < 4.78 is 5.20. The van der Waals surface area contributed by atoms with Gasteiger partial charge in [0.2, 0.25) is 0 Å². The number of aromatic nitrogens is 1. The van der Waals surface area contributed by atoms with Gasteiger partial charge in [-0.05, 0) is 57.4 Å². The third-order valence-corrected chi connectivity index (χ3v) is 5.08. The first-order valence-electron chi connectivity index (χ1n) is 10.1. The molecule has 0 saturated carbocycles. The van der Waals surface area contributed by atoms with Crippen LogP contribution in [0.3, 0.4) is 0 Å². The van der Waals surface area contributed by atoms with E-state index in [-0.39, 0.29) is 17.9 Å². The van der Waals surface area contributed by atoms with E-state index in [1.165, 1.54) is 0 Å². The number of rotatable bonds is 6. The number of ketones is 1. The Bertz CT molecular complexity index is 1160. The van der Waals surface area contributed by atoms with Crippen molar-refractivity contribution < 1.29 is 19.1 Å². The lowest BCUT2D eigenvalue weighted by Crippen LogP contribution is -2.24. The Hall–Kier alpha value is -3.67. The Morgan fingerprint density at radius 2 is 1.58 bits per heavy atom. The highest BCUT2D eigenvalue weighted by atomic mass is 16.5. The summed E-state index contributed by atoms with van der Waals surface area (Å²) in [6.07, 6.45) is 0. The van der Waals surface area contributed by atoms with Crippen molar-refractivity contribution in [3.05, 3.63) is 76.1 Å². The van der Waals surface area contributed by atoms with Crippen molar-refractivity contribution in [2.24, 2.45) is 0 Å². The first-order chi connectivity index (χ1) is 14.7. The fraction of sp³-hybridized carbons (Fsp3) is 0.240. The minimum absolute atomic E-state index is 0.0622. The Labute approximate surface area is 181 Å². The number of benzene rings is 2. The molecule has 0 spiro atoms. The third-order valence-electron chi connectivity index (χ3n) is 5.08. The molecule has 0 aliphatic rings. The van der Waals surface area contributed by atoms with Crippen molar-refractivity contribution >= 4 is 23.3 Å². The second-order valence-corrected chi connectivity index (χ2v) is 7.56. The monoisotopic (exact) mass is 418 g/mol. The number of H-pyrrole nitrogens is 1. The second-order valence-electron chi connectivity index (χ2n) is 7.56. The molecule has 3 rings (SSSR count). The van der Waals surface area contributed by atoms with Gasteiger partial charge >= 0.3 is 5.97 Å². The summed E-state index contributed by atoms with van der Waals surface area (Å²) in [5.74, 6) is -2.07. The summed E-state index contributed by atoms with van der Waals surface area (Å²) in [7, 11) is 0. The van der Waals surface area contributed by atoms with Crippen LogP contribution in [0.2, 0.25) is 0 Å². The van der Waals surface area contributed by atoms with Crippen LogP contribution in [-0.4, -0.2) is 29.3 Å². The molecule has 0 aliphatic carbocycles. The summed E-state index contributed by atoms with van der Waals surface area (Å²) in [5.41, 5.74) is 5.24. The van der Waals surface area contributed by atoms with E-state index in [4.69, 9.17) is 4.74 Å². The van der Waals surface area contributed by atoms with Crippen molar-refractivity contribution in [2.45, 2.75) is 34.6 Å². The van der Waals surface area contributed by atoms with Gasteiger partial charge < -0.3 is 15.0 Å². The zero-order chi connectivity index (χ0) is 22.7. The van der Waals surface area contributed by atoms with Crippen LogP contribution in [-0.2, 0) is 9.53 Å². The highest BCUT2D eigenvalue weighted by Crippen LogP contribution is 2.32. The number of anilines is 1. The molecule has 1 amide bonds. The van der Waals surface area contributed by atoms with Crippen LogP contribution in [0.25, 0.3) is 11.1 Å². The molecule has 0 fully saturated rings. The van der Waals surface area contributed by atoms with E-state index < -0.39 is 17.7 Å². The van der Waals surface area contributed by atoms with Crippen LogP contribution in [0.1, 0.15) is 50.2 Å². The number of amides is 1. The molecule has 0 aliphatic heterocycles. The standard InChI is InChI=1S/C25H26N2O4/c1-6-31-25(30)20-17(5)26-22(21(20)18-11-8-14(2)9-12-18)23(28)24(29)27-19-13-15(3)7-10-16(19)4/h7-13,26H,6H2,1-5H3,(H,27,29). The smallest absolute Gasteiger partial charge is 0.340 e. The van der Waals surface area contributed by atoms with Crippen LogP contribution in [0, 0.1) is 27.7 Å². The molecule has 2 N–H and O–H groups in total. The number of aromatic amines is 1. The van der Waals surface area contributed by atoms with Crippen LogP contribution >= 0.6 is 0 Å². The zero-order valence-electron chi connectivity index (χ0n) is 18.4. The van der Waals surface area contributed by atoms with E-state index in [0.29, 0.717) is 22.5 Å². The normalized spacial score (nSPS) is 10.6. The molecule has 160 valence electrons. The molecule has 6 heteroatoms.